The van der Waals surface area contributed by atoms with Crippen LogP contribution in [0.25, 0.3) is 0 Å². The Morgan fingerprint density at radius 2 is 2.43 bits per heavy atom. The third-order valence-corrected chi connectivity index (χ3v) is 2.42. The highest BCUT2D eigenvalue weighted by Crippen LogP contribution is 2.28. The molecule has 1 aliphatic rings. The predicted molar refractivity (Wildman–Crippen MR) is 51.5 cm³/mol. The van der Waals surface area contributed by atoms with Crippen LogP contribution in [-0.2, 0) is 16.0 Å². The smallest absolute Gasteiger partial charge is 0.153 e. The van der Waals surface area contributed by atoms with Crippen molar-refractivity contribution in [2.45, 2.75) is 12.5 Å². The second-order valence-corrected chi connectivity index (χ2v) is 3.26. The summed E-state index contributed by atoms with van der Waals surface area (Å²) in [6.45, 7) is 0.734. The Morgan fingerprint density at radius 1 is 1.57 bits per heavy atom. The van der Waals surface area contributed by atoms with Crippen molar-refractivity contribution in [3.8, 4) is 5.75 Å². The number of ether oxygens (including phenoxy) is 2. The number of methoxy groups -OCH3 is 1. The largest absolute Gasteiger partial charge is 0.493 e. The van der Waals surface area contributed by atoms with Gasteiger partial charge in [-0.1, -0.05) is 6.07 Å². The van der Waals surface area contributed by atoms with E-state index in [1.165, 1.54) is 7.11 Å². The van der Waals surface area contributed by atoms with Crippen molar-refractivity contribution in [1.29, 1.82) is 0 Å². The van der Waals surface area contributed by atoms with E-state index in [1.807, 2.05) is 18.2 Å². The molecule has 1 aromatic rings. The number of benzene rings is 1. The summed E-state index contributed by atoms with van der Waals surface area (Å²) in [5.41, 5.74) is 2.05. The van der Waals surface area contributed by atoms with E-state index in [1.54, 1.807) is 0 Å². The molecule has 1 unspecified atom stereocenters. The molecule has 0 N–H and O–H groups in total. The number of aldehydes is 1. The molecule has 1 aromatic carbocycles. The summed E-state index contributed by atoms with van der Waals surface area (Å²) in [4.78, 5) is 10.7. The number of carbonyl (C=O) groups is 1. The summed E-state index contributed by atoms with van der Waals surface area (Å²) >= 11 is 0. The highest BCUT2D eigenvalue weighted by molar-refractivity contribution is 5.60. The fourth-order valence-corrected chi connectivity index (χ4v) is 1.65. The summed E-state index contributed by atoms with van der Waals surface area (Å²) in [6.07, 6.45) is 1.26. The van der Waals surface area contributed by atoms with Crippen LogP contribution in [0, 0.1) is 0 Å². The third kappa shape index (κ3) is 1.51. The first kappa shape index (κ1) is 9.21. The molecule has 3 nitrogen and oxygen atoms in total. The Labute approximate surface area is 82.6 Å². The van der Waals surface area contributed by atoms with Crippen molar-refractivity contribution >= 4 is 6.29 Å². The van der Waals surface area contributed by atoms with E-state index >= 15 is 0 Å². The van der Waals surface area contributed by atoms with Crippen LogP contribution in [0.15, 0.2) is 18.2 Å². The Balaban J connectivity index is 2.32. The molecule has 0 radical (unpaired) electrons. The second kappa shape index (κ2) is 3.80. The molecule has 0 bridgehead atoms. The highest BCUT2D eigenvalue weighted by atomic mass is 16.5. The maximum Gasteiger partial charge on any atom is 0.153 e. The van der Waals surface area contributed by atoms with Gasteiger partial charge in [0.05, 0.1) is 6.61 Å². The monoisotopic (exact) mass is 192 g/mol. The summed E-state index contributed by atoms with van der Waals surface area (Å²) in [5, 5.41) is 0. The SMILES string of the molecule is COC(C=O)c1ccc2c(c1)CCO2. The zero-order valence-corrected chi connectivity index (χ0v) is 8.03. The standard InChI is InChI=1S/C11H12O3/c1-13-11(7-12)8-2-3-10-9(6-8)4-5-14-10/h2-3,6-7,11H,4-5H2,1H3. The summed E-state index contributed by atoms with van der Waals surface area (Å²) in [6, 6.07) is 5.74. The van der Waals surface area contributed by atoms with Crippen LogP contribution in [0.3, 0.4) is 0 Å². The quantitative estimate of drug-likeness (QED) is 0.681. The molecule has 0 saturated carbocycles. The zero-order valence-electron chi connectivity index (χ0n) is 8.03. The minimum atomic E-state index is -0.458. The molecular formula is C11H12O3. The average molecular weight is 192 g/mol. The van der Waals surface area contributed by atoms with Gasteiger partial charge in [0.25, 0.3) is 0 Å². The molecule has 0 saturated heterocycles. The van der Waals surface area contributed by atoms with Crippen molar-refractivity contribution in [1.82, 2.24) is 0 Å². The molecule has 74 valence electrons. The maximum absolute atomic E-state index is 10.7. The lowest BCUT2D eigenvalue weighted by atomic mass is 10.1. The normalized spacial score (nSPS) is 15.8. The van der Waals surface area contributed by atoms with E-state index in [4.69, 9.17) is 9.47 Å². The fraction of sp³-hybridized carbons (Fsp3) is 0.364. The molecule has 0 spiro atoms. The van der Waals surface area contributed by atoms with E-state index in [2.05, 4.69) is 0 Å². The van der Waals surface area contributed by atoms with Crippen LogP contribution in [0.4, 0.5) is 0 Å². The van der Waals surface area contributed by atoms with Gasteiger partial charge in [-0.05, 0) is 23.3 Å². The maximum atomic E-state index is 10.7. The Kier molecular flexibility index (Phi) is 2.50. The molecule has 14 heavy (non-hydrogen) atoms. The zero-order chi connectivity index (χ0) is 9.97. The van der Waals surface area contributed by atoms with Gasteiger partial charge in [-0.15, -0.1) is 0 Å². The molecule has 0 aromatic heterocycles. The van der Waals surface area contributed by atoms with Gasteiger partial charge in [-0.25, -0.2) is 0 Å². The second-order valence-electron chi connectivity index (χ2n) is 3.26. The average Bonchev–Trinajstić information content (AvgIpc) is 2.66. The van der Waals surface area contributed by atoms with Crippen molar-refractivity contribution in [3.63, 3.8) is 0 Å². The van der Waals surface area contributed by atoms with Crippen molar-refractivity contribution in [2.75, 3.05) is 13.7 Å². The predicted octanol–water partition coefficient (Wildman–Crippen LogP) is 1.51. The van der Waals surface area contributed by atoms with Crippen LogP contribution >= 0.6 is 0 Å². The van der Waals surface area contributed by atoms with E-state index < -0.39 is 6.10 Å². The van der Waals surface area contributed by atoms with Crippen LogP contribution in [0.5, 0.6) is 5.75 Å². The van der Waals surface area contributed by atoms with Crippen LogP contribution in [-0.4, -0.2) is 20.0 Å². The highest BCUT2D eigenvalue weighted by Gasteiger charge is 2.15. The topological polar surface area (TPSA) is 35.5 Å². The minimum absolute atomic E-state index is 0.458. The van der Waals surface area contributed by atoms with Crippen LogP contribution in [0.2, 0.25) is 0 Å². The van der Waals surface area contributed by atoms with E-state index in [-0.39, 0.29) is 0 Å². The first-order valence-electron chi connectivity index (χ1n) is 4.59. The molecule has 0 fully saturated rings. The molecule has 1 aliphatic heterocycles. The Bertz CT molecular complexity index is 346. The third-order valence-electron chi connectivity index (χ3n) is 2.42. The van der Waals surface area contributed by atoms with Gasteiger partial charge in [-0.2, -0.15) is 0 Å². The van der Waals surface area contributed by atoms with Gasteiger partial charge in [0.1, 0.15) is 11.9 Å². The number of carbonyl (C=O) groups excluding carboxylic acids is 1. The number of rotatable bonds is 3. The number of fused-ring (bicyclic) bond motifs is 1. The number of hydrogen-bond donors (Lipinski definition) is 0. The van der Waals surface area contributed by atoms with Crippen LogP contribution in [0.1, 0.15) is 17.2 Å². The van der Waals surface area contributed by atoms with Crippen molar-refractivity contribution < 1.29 is 14.3 Å². The summed E-state index contributed by atoms with van der Waals surface area (Å²) < 4.78 is 10.4. The first-order chi connectivity index (χ1) is 6.85. The van der Waals surface area contributed by atoms with Gasteiger partial charge in [0, 0.05) is 13.5 Å². The fourth-order valence-electron chi connectivity index (χ4n) is 1.65. The molecule has 3 heteroatoms. The molecule has 1 heterocycles. The van der Waals surface area contributed by atoms with Gasteiger partial charge < -0.3 is 14.3 Å². The van der Waals surface area contributed by atoms with Gasteiger partial charge in [0.2, 0.25) is 0 Å². The van der Waals surface area contributed by atoms with E-state index in [9.17, 15) is 4.79 Å². The molecule has 0 aliphatic carbocycles. The Hall–Kier alpha value is -1.35. The lowest BCUT2D eigenvalue weighted by Gasteiger charge is -2.09. The van der Waals surface area contributed by atoms with Crippen molar-refractivity contribution in [2.24, 2.45) is 0 Å². The van der Waals surface area contributed by atoms with Gasteiger partial charge >= 0.3 is 0 Å². The van der Waals surface area contributed by atoms with Crippen molar-refractivity contribution in [3.05, 3.63) is 29.3 Å². The molecule has 2 rings (SSSR count). The summed E-state index contributed by atoms with van der Waals surface area (Å²) in [7, 11) is 1.53. The van der Waals surface area contributed by atoms with E-state index in [0.717, 1.165) is 36.2 Å². The first-order valence-corrected chi connectivity index (χ1v) is 4.59. The van der Waals surface area contributed by atoms with E-state index in [0.29, 0.717) is 0 Å². The lowest BCUT2D eigenvalue weighted by Crippen LogP contribution is -2.02. The number of hydrogen-bond acceptors (Lipinski definition) is 3. The molecule has 0 amide bonds. The summed E-state index contributed by atoms with van der Waals surface area (Å²) in [5.74, 6) is 0.925. The minimum Gasteiger partial charge on any atom is -0.493 e. The lowest BCUT2D eigenvalue weighted by molar-refractivity contribution is -0.116. The van der Waals surface area contributed by atoms with Crippen LogP contribution < -0.4 is 4.74 Å². The van der Waals surface area contributed by atoms with Gasteiger partial charge in [-0.3, -0.25) is 0 Å². The molecule has 1 atom stereocenters. The Morgan fingerprint density at radius 3 is 3.14 bits per heavy atom. The van der Waals surface area contributed by atoms with Gasteiger partial charge in [0.15, 0.2) is 6.29 Å². The molecular weight excluding hydrogens is 180 g/mol.